The third-order valence-electron chi connectivity index (χ3n) is 8.52. The van der Waals surface area contributed by atoms with Crippen molar-refractivity contribution in [2.75, 3.05) is 6.61 Å². The van der Waals surface area contributed by atoms with Gasteiger partial charge in [-0.2, -0.15) is 0 Å². The lowest BCUT2D eigenvalue weighted by Crippen LogP contribution is -2.61. The second-order valence-electron chi connectivity index (χ2n) is 10.7. The van der Waals surface area contributed by atoms with Crippen LogP contribution in [0.2, 0.25) is 0 Å². The fraction of sp³-hybridized carbons (Fsp3) is 0.750. The summed E-state index contributed by atoms with van der Waals surface area (Å²) in [6, 6.07) is 0. The van der Waals surface area contributed by atoms with E-state index in [1.165, 1.54) is 13.8 Å². The van der Waals surface area contributed by atoms with Gasteiger partial charge in [0.15, 0.2) is 0 Å². The first kappa shape index (κ1) is 22.0. The van der Waals surface area contributed by atoms with Gasteiger partial charge in [-0.05, 0) is 42.6 Å². The number of hydrogen-bond acceptors (Lipinski definition) is 7. The Bertz CT molecular complexity index is 845. The highest BCUT2D eigenvalue weighted by atomic mass is 16.6. The lowest BCUT2D eigenvalue weighted by molar-refractivity contribution is -0.212. The van der Waals surface area contributed by atoms with Crippen molar-refractivity contribution in [3.63, 3.8) is 0 Å². The molecule has 4 aliphatic rings. The van der Waals surface area contributed by atoms with Crippen molar-refractivity contribution in [3.8, 4) is 0 Å². The predicted octanol–water partition coefficient (Wildman–Crippen LogP) is 3.00. The average molecular weight is 433 g/mol. The highest BCUT2D eigenvalue weighted by Crippen LogP contribution is 2.74. The van der Waals surface area contributed by atoms with E-state index >= 15 is 0 Å². The van der Waals surface area contributed by atoms with E-state index in [1.807, 2.05) is 0 Å². The van der Waals surface area contributed by atoms with Crippen molar-refractivity contribution in [2.45, 2.75) is 72.0 Å². The standard InChI is InChI=1S/C24H32O7/c1-13(11-25)16-9-17(30-14(2)26)18-23-8-6-7-22(4,5)19(23)20(31-15(3)27)24(18,10-16)21(28)29-12-23/h11,16-20H,1,6-10,12H2,2-5H3. The molecule has 0 radical (unpaired) electrons. The van der Waals surface area contributed by atoms with Crippen LogP contribution in [0.1, 0.15) is 59.8 Å². The summed E-state index contributed by atoms with van der Waals surface area (Å²) < 4.78 is 17.6. The highest BCUT2D eigenvalue weighted by molar-refractivity contribution is 5.83. The number of aldehydes is 1. The smallest absolute Gasteiger partial charge is 0.316 e. The van der Waals surface area contributed by atoms with Crippen molar-refractivity contribution in [1.82, 2.24) is 0 Å². The maximum atomic E-state index is 13.6. The van der Waals surface area contributed by atoms with Crippen LogP contribution in [0.3, 0.4) is 0 Å². The molecule has 2 bridgehead atoms. The fourth-order valence-corrected chi connectivity index (χ4v) is 7.83. The van der Waals surface area contributed by atoms with E-state index in [9.17, 15) is 19.2 Å². The molecule has 1 saturated heterocycles. The minimum Gasteiger partial charge on any atom is -0.465 e. The summed E-state index contributed by atoms with van der Waals surface area (Å²) in [6.07, 6.45) is 2.88. The second kappa shape index (κ2) is 7.17. The summed E-state index contributed by atoms with van der Waals surface area (Å²) in [5, 5.41) is 0. The Kier molecular flexibility index (Phi) is 5.10. The van der Waals surface area contributed by atoms with Gasteiger partial charge in [-0.25, -0.2) is 0 Å². The molecule has 0 amide bonds. The second-order valence-corrected chi connectivity index (χ2v) is 10.7. The van der Waals surface area contributed by atoms with Gasteiger partial charge in [0.1, 0.15) is 23.9 Å². The van der Waals surface area contributed by atoms with Gasteiger partial charge in [0.2, 0.25) is 0 Å². The molecule has 7 atom stereocenters. The monoisotopic (exact) mass is 432 g/mol. The Morgan fingerprint density at radius 3 is 2.42 bits per heavy atom. The third kappa shape index (κ3) is 2.99. The molecule has 1 heterocycles. The molecule has 0 N–H and O–H groups in total. The molecule has 7 nitrogen and oxygen atoms in total. The van der Waals surface area contributed by atoms with E-state index in [1.54, 1.807) is 0 Å². The van der Waals surface area contributed by atoms with Crippen LogP contribution in [0.5, 0.6) is 0 Å². The zero-order chi connectivity index (χ0) is 22.8. The van der Waals surface area contributed by atoms with E-state index in [0.717, 1.165) is 19.3 Å². The molecule has 4 rings (SSSR count). The Morgan fingerprint density at radius 2 is 1.81 bits per heavy atom. The molecule has 7 unspecified atom stereocenters. The van der Waals surface area contributed by atoms with Crippen molar-refractivity contribution in [3.05, 3.63) is 12.2 Å². The van der Waals surface area contributed by atoms with Crippen LogP contribution >= 0.6 is 0 Å². The van der Waals surface area contributed by atoms with Gasteiger partial charge in [0.05, 0.1) is 6.61 Å². The van der Waals surface area contributed by atoms with Gasteiger partial charge in [-0.15, -0.1) is 0 Å². The number of allylic oxidation sites excluding steroid dienone is 1. The van der Waals surface area contributed by atoms with Crippen LogP contribution in [-0.4, -0.2) is 43.0 Å². The average Bonchev–Trinajstić information content (AvgIpc) is 2.87. The SMILES string of the molecule is C=C(C=O)C1CC(OC(C)=O)C2C34CCCC(C)(C)C3C(OC(C)=O)C2(C1)C(=O)OC4. The number of cyclic esters (lactones) is 1. The summed E-state index contributed by atoms with van der Waals surface area (Å²) in [7, 11) is 0. The minimum atomic E-state index is -1.16. The van der Waals surface area contributed by atoms with Crippen LogP contribution in [0, 0.1) is 34.0 Å². The van der Waals surface area contributed by atoms with Gasteiger partial charge in [0.25, 0.3) is 0 Å². The summed E-state index contributed by atoms with van der Waals surface area (Å²) in [5.41, 5.74) is -1.45. The topological polar surface area (TPSA) is 96.0 Å². The fourth-order valence-electron chi connectivity index (χ4n) is 7.83. The Balaban J connectivity index is 1.96. The zero-order valence-electron chi connectivity index (χ0n) is 18.8. The summed E-state index contributed by atoms with van der Waals surface area (Å²) in [5.74, 6) is -2.09. The molecule has 0 aromatic rings. The Labute approximate surface area is 182 Å². The lowest BCUT2D eigenvalue weighted by Gasteiger charge is -2.55. The molecule has 3 aliphatic carbocycles. The molecule has 0 aromatic heterocycles. The van der Waals surface area contributed by atoms with E-state index in [0.29, 0.717) is 24.7 Å². The molecular weight excluding hydrogens is 400 g/mol. The quantitative estimate of drug-likeness (QED) is 0.292. The van der Waals surface area contributed by atoms with E-state index in [4.69, 9.17) is 14.2 Å². The van der Waals surface area contributed by atoms with Crippen LogP contribution < -0.4 is 0 Å². The molecule has 31 heavy (non-hydrogen) atoms. The highest BCUT2D eigenvalue weighted by Gasteiger charge is 2.80. The van der Waals surface area contributed by atoms with Crippen LogP contribution in [-0.2, 0) is 33.4 Å². The maximum Gasteiger partial charge on any atom is 0.316 e. The van der Waals surface area contributed by atoms with Gasteiger partial charge in [0, 0.05) is 31.1 Å². The van der Waals surface area contributed by atoms with Crippen molar-refractivity contribution in [1.29, 1.82) is 0 Å². The molecule has 3 saturated carbocycles. The Hall–Kier alpha value is -2.18. The number of carbonyl (C=O) groups excluding carboxylic acids is 4. The number of ether oxygens (including phenoxy) is 3. The number of esters is 3. The van der Waals surface area contributed by atoms with E-state index < -0.39 is 40.9 Å². The predicted molar refractivity (Wildman–Crippen MR) is 109 cm³/mol. The molecule has 7 heteroatoms. The minimum absolute atomic E-state index is 0.115. The summed E-state index contributed by atoms with van der Waals surface area (Å²) in [6.45, 7) is 11.2. The normalized spacial score (nSPS) is 42.5. The molecule has 170 valence electrons. The first-order valence-electron chi connectivity index (χ1n) is 11.2. The first-order chi connectivity index (χ1) is 14.5. The van der Waals surface area contributed by atoms with E-state index in [2.05, 4.69) is 20.4 Å². The van der Waals surface area contributed by atoms with Gasteiger partial charge in [-0.3, -0.25) is 19.2 Å². The van der Waals surface area contributed by atoms with Crippen molar-refractivity contribution >= 4 is 24.2 Å². The largest absolute Gasteiger partial charge is 0.465 e. The first-order valence-corrected chi connectivity index (χ1v) is 11.2. The van der Waals surface area contributed by atoms with Crippen molar-refractivity contribution < 1.29 is 33.4 Å². The molecular formula is C24H32O7. The van der Waals surface area contributed by atoms with E-state index in [-0.39, 0.29) is 29.8 Å². The van der Waals surface area contributed by atoms with Crippen LogP contribution in [0.15, 0.2) is 12.2 Å². The zero-order valence-corrected chi connectivity index (χ0v) is 18.8. The summed E-state index contributed by atoms with van der Waals surface area (Å²) >= 11 is 0. The van der Waals surface area contributed by atoms with Gasteiger partial charge < -0.3 is 14.2 Å². The van der Waals surface area contributed by atoms with Crippen LogP contribution in [0.25, 0.3) is 0 Å². The molecule has 1 aliphatic heterocycles. The van der Waals surface area contributed by atoms with Gasteiger partial charge in [-0.1, -0.05) is 26.8 Å². The molecule has 1 spiro atoms. The third-order valence-corrected chi connectivity index (χ3v) is 8.52. The van der Waals surface area contributed by atoms with Gasteiger partial charge >= 0.3 is 17.9 Å². The van der Waals surface area contributed by atoms with Crippen LogP contribution in [0.4, 0.5) is 0 Å². The summed E-state index contributed by atoms with van der Waals surface area (Å²) in [4.78, 5) is 49.5. The lowest BCUT2D eigenvalue weighted by atomic mass is 9.51. The Morgan fingerprint density at radius 1 is 1.13 bits per heavy atom. The maximum absolute atomic E-state index is 13.6. The molecule has 0 aromatic carbocycles. The van der Waals surface area contributed by atoms with Crippen molar-refractivity contribution in [2.24, 2.45) is 34.0 Å². The molecule has 4 fully saturated rings. The number of carbonyl (C=O) groups is 4. The number of rotatable bonds is 4. The number of hydrogen-bond donors (Lipinski definition) is 0.